The summed E-state index contributed by atoms with van der Waals surface area (Å²) in [5, 5.41) is 9.86. The van der Waals surface area contributed by atoms with Crippen LogP contribution in [0.5, 0.6) is 0 Å². The second-order valence-electron chi connectivity index (χ2n) is 4.54. The molecule has 0 fully saturated rings. The molecule has 0 saturated heterocycles. The van der Waals surface area contributed by atoms with Crippen LogP contribution in [0.4, 0.5) is 0 Å². The number of aromatic carboxylic acids is 1. The lowest BCUT2D eigenvalue weighted by molar-refractivity contribution is 0.0685. The van der Waals surface area contributed by atoms with Crippen molar-refractivity contribution in [3.8, 4) is 11.3 Å². The summed E-state index contributed by atoms with van der Waals surface area (Å²) in [5.41, 5.74) is 3.13. The Bertz CT molecular complexity index is 617. The number of nitrogens with zero attached hydrogens (tertiary/aromatic N) is 1. The number of halogens is 1. The summed E-state index contributed by atoms with van der Waals surface area (Å²) in [6.07, 6.45) is 0.866. The fourth-order valence-corrected chi connectivity index (χ4v) is 2.40. The Morgan fingerprint density at radius 3 is 2.68 bits per heavy atom. The fraction of sp³-hybridized carbons (Fsp3) is 0.267. The van der Waals surface area contributed by atoms with Crippen molar-refractivity contribution in [3.63, 3.8) is 0 Å². The maximum atomic E-state index is 11.2. The minimum Gasteiger partial charge on any atom is -0.477 e. The largest absolute Gasteiger partial charge is 0.477 e. The van der Waals surface area contributed by atoms with Crippen LogP contribution in [-0.4, -0.2) is 15.6 Å². The van der Waals surface area contributed by atoms with Gasteiger partial charge < -0.3 is 9.67 Å². The van der Waals surface area contributed by atoms with Crippen LogP contribution in [0.2, 0.25) is 5.02 Å². The molecule has 100 valence electrons. The third-order valence-corrected chi connectivity index (χ3v) is 3.37. The van der Waals surface area contributed by atoms with Crippen molar-refractivity contribution in [2.45, 2.75) is 26.8 Å². The second kappa shape index (κ2) is 5.49. The zero-order chi connectivity index (χ0) is 14.0. The van der Waals surface area contributed by atoms with Crippen LogP contribution in [0.15, 0.2) is 30.3 Å². The number of hydrogen-bond donors (Lipinski definition) is 1. The van der Waals surface area contributed by atoms with Gasteiger partial charge in [0, 0.05) is 17.1 Å². The van der Waals surface area contributed by atoms with Crippen LogP contribution < -0.4 is 0 Å². The molecule has 0 radical (unpaired) electrons. The highest BCUT2D eigenvalue weighted by atomic mass is 35.5. The van der Waals surface area contributed by atoms with Crippen molar-refractivity contribution in [2.24, 2.45) is 0 Å². The smallest absolute Gasteiger partial charge is 0.352 e. The first-order valence-electron chi connectivity index (χ1n) is 6.24. The Morgan fingerprint density at radius 1 is 1.32 bits per heavy atom. The Labute approximate surface area is 117 Å². The molecule has 0 amide bonds. The highest BCUT2D eigenvalue weighted by molar-refractivity contribution is 6.33. The molecule has 0 unspecified atom stereocenters. The van der Waals surface area contributed by atoms with Crippen LogP contribution in [0.3, 0.4) is 0 Å². The number of aryl methyl sites for hydroxylation is 1. The monoisotopic (exact) mass is 277 g/mol. The number of aromatic nitrogens is 1. The van der Waals surface area contributed by atoms with Gasteiger partial charge >= 0.3 is 5.97 Å². The van der Waals surface area contributed by atoms with E-state index in [1.807, 2.05) is 42.7 Å². The molecule has 1 aromatic heterocycles. The van der Waals surface area contributed by atoms with Crippen molar-refractivity contribution in [3.05, 3.63) is 46.6 Å². The molecule has 0 spiro atoms. The summed E-state index contributed by atoms with van der Waals surface area (Å²) in [6, 6.07) is 9.22. The van der Waals surface area contributed by atoms with E-state index < -0.39 is 5.97 Å². The highest BCUT2D eigenvalue weighted by Gasteiger charge is 2.16. The standard InChI is InChI=1S/C15H16ClNO2/c1-3-8-17-13(6-7-14(17)15(18)19)11-9-10(2)4-5-12(11)16/h4-7,9H,3,8H2,1-2H3,(H,18,19). The average Bonchev–Trinajstić information content (AvgIpc) is 2.76. The lowest BCUT2D eigenvalue weighted by Gasteiger charge is -2.12. The number of carbonyl (C=O) groups is 1. The maximum Gasteiger partial charge on any atom is 0.352 e. The normalized spacial score (nSPS) is 10.7. The van der Waals surface area contributed by atoms with Gasteiger partial charge in [0.1, 0.15) is 5.69 Å². The van der Waals surface area contributed by atoms with Crippen molar-refractivity contribution < 1.29 is 9.90 Å². The lowest BCUT2D eigenvalue weighted by Crippen LogP contribution is -2.09. The highest BCUT2D eigenvalue weighted by Crippen LogP contribution is 2.30. The summed E-state index contributed by atoms with van der Waals surface area (Å²) in [6.45, 7) is 4.67. The molecule has 0 aliphatic rings. The topological polar surface area (TPSA) is 42.2 Å². The second-order valence-corrected chi connectivity index (χ2v) is 4.95. The van der Waals surface area contributed by atoms with Gasteiger partial charge in [-0.3, -0.25) is 0 Å². The number of carboxylic acids is 1. The predicted octanol–water partition coefficient (Wildman–Crippen LogP) is 4.23. The quantitative estimate of drug-likeness (QED) is 0.909. The molecule has 2 rings (SSSR count). The van der Waals surface area contributed by atoms with Gasteiger partial charge in [0.2, 0.25) is 0 Å². The van der Waals surface area contributed by atoms with E-state index in [2.05, 4.69) is 0 Å². The minimum absolute atomic E-state index is 0.300. The Morgan fingerprint density at radius 2 is 2.05 bits per heavy atom. The van der Waals surface area contributed by atoms with Gasteiger partial charge in [-0.1, -0.05) is 30.2 Å². The molecule has 2 aromatic rings. The van der Waals surface area contributed by atoms with Gasteiger partial charge in [-0.25, -0.2) is 4.79 Å². The fourth-order valence-electron chi connectivity index (χ4n) is 2.19. The van der Waals surface area contributed by atoms with Crippen molar-refractivity contribution in [1.82, 2.24) is 4.57 Å². The molecule has 1 heterocycles. The molecule has 0 saturated carbocycles. The molecule has 0 aliphatic carbocycles. The third kappa shape index (κ3) is 2.66. The lowest BCUT2D eigenvalue weighted by atomic mass is 10.1. The summed E-state index contributed by atoms with van der Waals surface area (Å²) < 4.78 is 1.81. The van der Waals surface area contributed by atoms with Crippen LogP contribution in [0.1, 0.15) is 29.4 Å². The summed E-state index contributed by atoms with van der Waals surface area (Å²) in [4.78, 5) is 11.2. The number of hydrogen-bond acceptors (Lipinski definition) is 1. The number of benzene rings is 1. The Hall–Kier alpha value is -1.74. The predicted molar refractivity (Wildman–Crippen MR) is 76.9 cm³/mol. The van der Waals surface area contributed by atoms with E-state index in [0.717, 1.165) is 23.2 Å². The molecule has 19 heavy (non-hydrogen) atoms. The van der Waals surface area contributed by atoms with Crippen molar-refractivity contribution >= 4 is 17.6 Å². The van der Waals surface area contributed by atoms with Crippen molar-refractivity contribution in [2.75, 3.05) is 0 Å². The summed E-state index contributed by atoms with van der Waals surface area (Å²) in [7, 11) is 0. The maximum absolute atomic E-state index is 11.2. The molecule has 1 N–H and O–H groups in total. The van der Waals surface area contributed by atoms with E-state index in [9.17, 15) is 9.90 Å². The SMILES string of the molecule is CCCn1c(C(=O)O)ccc1-c1cc(C)ccc1Cl. The number of carboxylic acid groups (broad SMARTS) is 1. The molecule has 0 bridgehead atoms. The Balaban J connectivity index is 2.61. The summed E-state index contributed by atoms with van der Waals surface area (Å²) in [5.74, 6) is -0.913. The summed E-state index contributed by atoms with van der Waals surface area (Å²) >= 11 is 6.23. The molecule has 4 heteroatoms. The van der Waals surface area contributed by atoms with E-state index in [1.165, 1.54) is 0 Å². The van der Waals surface area contributed by atoms with Gasteiger partial charge in [-0.15, -0.1) is 0 Å². The first-order valence-corrected chi connectivity index (χ1v) is 6.61. The van der Waals surface area contributed by atoms with Crippen LogP contribution >= 0.6 is 11.6 Å². The van der Waals surface area contributed by atoms with E-state index in [4.69, 9.17) is 11.6 Å². The zero-order valence-electron chi connectivity index (χ0n) is 11.0. The first-order chi connectivity index (χ1) is 9.04. The molecular weight excluding hydrogens is 262 g/mol. The minimum atomic E-state index is -0.913. The van der Waals surface area contributed by atoms with E-state index >= 15 is 0 Å². The third-order valence-electron chi connectivity index (χ3n) is 3.04. The molecular formula is C15H16ClNO2. The van der Waals surface area contributed by atoms with Crippen LogP contribution in [-0.2, 0) is 6.54 Å². The van der Waals surface area contributed by atoms with Crippen LogP contribution in [0, 0.1) is 6.92 Å². The molecule has 0 atom stereocenters. The van der Waals surface area contributed by atoms with E-state index in [-0.39, 0.29) is 0 Å². The zero-order valence-corrected chi connectivity index (χ0v) is 11.7. The van der Waals surface area contributed by atoms with E-state index in [0.29, 0.717) is 17.3 Å². The van der Waals surface area contributed by atoms with Crippen LogP contribution in [0.25, 0.3) is 11.3 Å². The van der Waals surface area contributed by atoms with Gasteiger partial charge in [-0.2, -0.15) is 0 Å². The first kappa shape index (κ1) is 13.7. The molecule has 0 aliphatic heterocycles. The Kier molecular flexibility index (Phi) is 3.96. The van der Waals surface area contributed by atoms with Gasteiger partial charge in [0.25, 0.3) is 0 Å². The van der Waals surface area contributed by atoms with Crippen molar-refractivity contribution in [1.29, 1.82) is 0 Å². The van der Waals surface area contributed by atoms with Gasteiger partial charge in [-0.05, 0) is 37.6 Å². The van der Waals surface area contributed by atoms with E-state index in [1.54, 1.807) is 6.07 Å². The number of rotatable bonds is 4. The molecule has 1 aromatic carbocycles. The van der Waals surface area contributed by atoms with Gasteiger partial charge in [0.15, 0.2) is 0 Å². The molecule has 3 nitrogen and oxygen atoms in total. The average molecular weight is 278 g/mol. The van der Waals surface area contributed by atoms with Gasteiger partial charge in [0.05, 0.1) is 5.69 Å².